The summed E-state index contributed by atoms with van der Waals surface area (Å²) in [6.45, 7) is 0. The molecular weight excluding hydrogens is 361 g/mol. The first kappa shape index (κ1) is 17.1. The highest BCUT2D eigenvalue weighted by Gasteiger charge is 2.12. The van der Waals surface area contributed by atoms with Crippen LogP contribution in [-0.2, 0) is 0 Å². The predicted octanol–water partition coefficient (Wildman–Crippen LogP) is 4.20. The number of nitrogens with one attached hydrogen (secondary N) is 1. The smallest absolute Gasteiger partial charge is 0.256 e. The Labute approximate surface area is 154 Å². The first-order valence-electron chi connectivity index (χ1n) is 7.26. The fraction of sp³-hybridized carbons (Fsp3) is 0.0588. The van der Waals surface area contributed by atoms with E-state index in [4.69, 9.17) is 23.2 Å². The van der Waals surface area contributed by atoms with Crippen molar-refractivity contribution in [2.24, 2.45) is 0 Å². The van der Waals surface area contributed by atoms with Crippen LogP contribution in [0.15, 0.2) is 55.1 Å². The Morgan fingerprint density at radius 3 is 2.56 bits per heavy atom. The molecule has 3 aromatic rings. The second-order valence-corrected chi connectivity index (χ2v) is 5.98. The van der Waals surface area contributed by atoms with Gasteiger partial charge in [0.1, 0.15) is 17.3 Å². The van der Waals surface area contributed by atoms with E-state index in [1.54, 1.807) is 48.8 Å². The molecule has 0 unspecified atom stereocenters. The molecule has 25 heavy (non-hydrogen) atoms. The summed E-state index contributed by atoms with van der Waals surface area (Å²) in [7, 11) is 1.84. The number of carbonyl (C=O) groups is 1. The number of carbonyl (C=O) groups excluding carboxylic acids is 1. The molecule has 1 N–H and O–H groups in total. The van der Waals surface area contributed by atoms with E-state index in [1.165, 1.54) is 6.33 Å². The molecule has 1 amide bonds. The van der Waals surface area contributed by atoms with Crippen molar-refractivity contribution >= 4 is 46.3 Å². The van der Waals surface area contributed by atoms with Gasteiger partial charge in [-0.1, -0.05) is 29.3 Å². The van der Waals surface area contributed by atoms with Crippen LogP contribution >= 0.6 is 23.2 Å². The van der Waals surface area contributed by atoms with Crippen molar-refractivity contribution in [3.63, 3.8) is 0 Å². The number of rotatable bonds is 4. The number of benzene rings is 1. The van der Waals surface area contributed by atoms with Crippen molar-refractivity contribution < 1.29 is 4.79 Å². The van der Waals surface area contributed by atoms with E-state index in [2.05, 4.69) is 20.3 Å². The average molecular weight is 374 g/mol. The Morgan fingerprint density at radius 2 is 1.84 bits per heavy atom. The van der Waals surface area contributed by atoms with Gasteiger partial charge in [-0.3, -0.25) is 4.79 Å². The molecule has 3 rings (SSSR count). The van der Waals surface area contributed by atoms with E-state index in [-0.39, 0.29) is 11.1 Å². The number of amides is 1. The molecule has 2 aromatic heterocycles. The van der Waals surface area contributed by atoms with Crippen molar-refractivity contribution in [3.05, 3.63) is 70.9 Å². The van der Waals surface area contributed by atoms with Crippen LogP contribution in [0.5, 0.6) is 0 Å². The molecule has 0 bridgehead atoms. The summed E-state index contributed by atoms with van der Waals surface area (Å²) >= 11 is 12.0. The molecule has 0 saturated carbocycles. The number of anilines is 3. The Bertz CT molecular complexity index is 905. The second kappa shape index (κ2) is 7.46. The standard InChI is InChI=1S/C17H13Cl2N5O/c1-24(14-8-20-10-21-9-14)13-6-15(19)22-16(7-13)23-17(25)11-3-2-4-12(18)5-11/h2-10H,1H3,(H,22,23,25). The van der Waals surface area contributed by atoms with E-state index in [1.807, 2.05) is 11.9 Å². The van der Waals surface area contributed by atoms with Crippen LogP contribution in [0.3, 0.4) is 0 Å². The Morgan fingerprint density at radius 1 is 1.08 bits per heavy atom. The molecule has 0 aliphatic carbocycles. The maximum Gasteiger partial charge on any atom is 0.256 e. The van der Waals surface area contributed by atoms with E-state index >= 15 is 0 Å². The first-order chi connectivity index (χ1) is 12.0. The number of hydrogen-bond acceptors (Lipinski definition) is 5. The van der Waals surface area contributed by atoms with Crippen LogP contribution in [0.25, 0.3) is 0 Å². The zero-order valence-electron chi connectivity index (χ0n) is 13.1. The monoisotopic (exact) mass is 373 g/mol. The van der Waals surface area contributed by atoms with Gasteiger partial charge in [0.05, 0.1) is 18.1 Å². The number of aromatic nitrogens is 3. The highest BCUT2D eigenvalue weighted by Crippen LogP contribution is 2.27. The number of halogens is 2. The zero-order valence-corrected chi connectivity index (χ0v) is 14.7. The lowest BCUT2D eigenvalue weighted by Crippen LogP contribution is -2.15. The fourth-order valence-electron chi connectivity index (χ4n) is 2.17. The van der Waals surface area contributed by atoms with Crippen molar-refractivity contribution in [2.75, 3.05) is 17.3 Å². The van der Waals surface area contributed by atoms with Crippen molar-refractivity contribution in [2.45, 2.75) is 0 Å². The van der Waals surface area contributed by atoms with Crippen LogP contribution < -0.4 is 10.2 Å². The van der Waals surface area contributed by atoms with E-state index in [0.717, 1.165) is 11.4 Å². The number of nitrogens with zero attached hydrogens (tertiary/aromatic N) is 4. The Hall–Kier alpha value is -2.70. The molecule has 126 valence electrons. The van der Waals surface area contributed by atoms with Gasteiger partial charge in [0.15, 0.2) is 0 Å². The van der Waals surface area contributed by atoms with Gasteiger partial charge in [-0.05, 0) is 24.3 Å². The summed E-state index contributed by atoms with van der Waals surface area (Å²) in [5, 5.41) is 3.46. The molecule has 0 spiro atoms. The minimum atomic E-state index is -0.325. The van der Waals surface area contributed by atoms with Gasteiger partial charge in [-0.25, -0.2) is 15.0 Å². The summed E-state index contributed by atoms with van der Waals surface area (Å²) in [6, 6.07) is 10.0. The predicted molar refractivity (Wildman–Crippen MR) is 98.7 cm³/mol. The van der Waals surface area contributed by atoms with Crippen LogP contribution in [0.2, 0.25) is 10.2 Å². The van der Waals surface area contributed by atoms with Crippen molar-refractivity contribution in [1.82, 2.24) is 15.0 Å². The maximum absolute atomic E-state index is 12.3. The summed E-state index contributed by atoms with van der Waals surface area (Å²) in [6.07, 6.45) is 4.80. The molecule has 1 aromatic carbocycles. The van der Waals surface area contributed by atoms with Crippen LogP contribution in [0.1, 0.15) is 10.4 Å². The number of pyridine rings is 1. The van der Waals surface area contributed by atoms with Crippen LogP contribution in [0.4, 0.5) is 17.2 Å². The second-order valence-electron chi connectivity index (χ2n) is 5.15. The third-order valence-electron chi connectivity index (χ3n) is 3.43. The molecule has 0 aliphatic heterocycles. The fourth-order valence-corrected chi connectivity index (χ4v) is 2.57. The van der Waals surface area contributed by atoms with Crippen LogP contribution in [0, 0.1) is 0 Å². The minimum Gasteiger partial charge on any atom is -0.342 e. The summed E-state index contributed by atoms with van der Waals surface area (Å²) in [4.78, 5) is 26.3. The lowest BCUT2D eigenvalue weighted by Gasteiger charge is -2.19. The summed E-state index contributed by atoms with van der Waals surface area (Å²) in [5.41, 5.74) is 1.94. The molecule has 6 nitrogen and oxygen atoms in total. The van der Waals surface area contributed by atoms with Crippen molar-refractivity contribution in [3.8, 4) is 0 Å². The Kier molecular flexibility index (Phi) is 5.11. The molecule has 0 fully saturated rings. The van der Waals surface area contributed by atoms with Gasteiger partial charge < -0.3 is 10.2 Å². The highest BCUT2D eigenvalue weighted by atomic mass is 35.5. The highest BCUT2D eigenvalue weighted by molar-refractivity contribution is 6.31. The third-order valence-corrected chi connectivity index (χ3v) is 3.86. The minimum absolute atomic E-state index is 0.252. The molecular formula is C17H13Cl2N5O. The molecule has 0 radical (unpaired) electrons. The molecule has 0 atom stereocenters. The average Bonchev–Trinajstić information content (AvgIpc) is 2.61. The number of hydrogen-bond donors (Lipinski definition) is 1. The first-order valence-corrected chi connectivity index (χ1v) is 8.02. The van der Waals surface area contributed by atoms with Crippen LogP contribution in [-0.4, -0.2) is 27.9 Å². The topological polar surface area (TPSA) is 71.0 Å². The van der Waals surface area contributed by atoms with E-state index < -0.39 is 0 Å². The quantitative estimate of drug-likeness (QED) is 0.693. The summed E-state index contributed by atoms with van der Waals surface area (Å²) in [5.74, 6) is 0.00471. The SMILES string of the molecule is CN(c1cncnc1)c1cc(Cl)nc(NC(=O)c2cccc(Cl)c2)c1. The third kappa shape index (κ3) is 4.23. The van der Waals surface area contributed by atoms with Gasteiger partial charge in [0.25, 0.3) is 5.91 Å². The van der Waals surface area contributed by atoms with Gasteiger partial charge in [0.2, 0.25) is 0 Å². The lowest BCUT2D eigenvalue weighted by molar-refractivity contribution is 0.102. The summed E-state index contributed by atoms with van der Waals surface area (Å²) < 4.78 is 0. The maximum atomic E-state index is 12.3. The van der Waals surface area contributed by atoms with Gasteiger partial charge >= 0.3 is 0 Å². The van der Waals surface area contributed by atoms with E-state index in [9.17, 15) is 4.79 Å². The van der Waals surface area contributed by atoms with Gasteiger partial charge in [-0.15, -0.1) is 0 Å². The van der Waals surface area contributed by atoms with Gasteiger partial charge in [-0.2, -0.15) is 0 Å². The zero-order chi connectivity index (χ0) is 17.8. The van der Waals surface area contributed by atoms with Crippen molar-refractivity contribution in [1.29, 1.82) is 0 Å². The van der Waals surface area contributed by atoms with Gasteiger partial charge in [0, 0.05) is 29.4 Å². The molecule has 0 aliphatic rings. The largest absolute Gasteiger partial charge is 0.342 e. The Balaban J connectivity index is 1.85. The van der Waals surface area contributed by atoms with E-state index in [0.29, 0.717) is 16.4 Å². The molecule has 2 heterocycles. The molecule has 8 heteroatoms. The lowest BCUT2D eigenvalue weighted by atomic mass is 10.2. The molecule has 0 saturated heterocycles. The normalized spacial score (nSPS) is 10.4.